The van der Waals surface area contributed by atoms with Crippen LogP contribution in [0.3, 0.4) is 0 Å². The molecular weight excluding hydrogens is 388 g/mol. The van der Waals surface area contributed by atoms with Gasteiger partial charge in [0, 0.05) is 37.2 Å². The second kappa shape index (κ2) is 9.33. The Labute approximate surface area is 172 Å². The van der Waals surface area contributed by atoms with Crippen LogP contribution in [0, 0.1) is 6.92 Å². The zero-order valence-corrected chi connectivity index (χ0v) is 17.4. The van der Waals surface area contributed by atoms with E-state index < -0.39 is 10.0 Å². The van der Waals surface area contributed by atoms with Gasteiger partial charge < -0.3 is 5.32 Å². The molecule has 0 aliphatic carbocycles. The van der Waals surface area contributed by atoms with Gasteiger partial charge in [-0.25, -0.2) is 8.42 Å². The van der Waals surface area contributed by atoms with Crippen molar-refractivity contribution in [2.75, 3.05) is 18.4 Å². The van der Waals surface area contributed by atoms with Crippen LogP contribution in [-0.2, 0) is 14.8 Å². The minimum atomic E-state index is -3.49. The molecule has 0 bridgehead atoms. The van der Waals surface area contributed by atoms with E-state index >= 15 is 0 Å². The number of hydrogen-bond donors (Lipinski definition) is 1. The maximum absolute atomic E-state index is 12.7. The molecule has 3 rings (SSSR count). The highest BCUT2D eigenvalue weighted by atomic mass is 32.2. The first-order chi connectivity index (χ1) is 13.9. The SMILES string of the molecule is Cc1ccc(C(=O)CCC(=O)Nc2ccc(S(=O)(=O)N3CCCCC3)cc2)cc1. The molecule has 0 radical (unpaired) electrons. The summed E-state index contributed by atoms with van der Waals surface area (Å²) in [5.41, 5.74) is 2.18. The number of anilines is 1. The van der Waals surface area contributed by atoms with Crippen molar-refractivity contribution in [1.29, 1.82) is 0 Å². The summed E-state index contributed by atoms with van der Waals surface area (Å²) < 4.78 is 26.8. The Bertz CT molecular complexity index is 961. The summed E-state index contributed by atoms with van der Waals surface area (Å²) in [5, 5.41) is 2.72. The summed E-state index contributed by atoms with van der Waals surface area (Å²) in [7, 11) is -3.49. The zero-order chi connectivity index (χ0) is 20.9. The lowest BCUT2D eigenvalue weighted by Crippen LogP contribution is -2.35. The van der Waals surface area contributed by atoms with Crippen LogP contribution in [0.5, 0.6) is 0 Å². The van der Waals surface area contributed by atoms with Crippen molar-refractivity contribution in [2.45, 2.75) is 43.9 Å². The van der Waals surface area contributed by atoms with Gasteiger partial charge in [0.25, 0.3) is 0 Å². The fraction of sp³-hybridized carbons (Fsp3) is 0.364. The molecule has 1 saturated heterocycles. The van der Waals surface area contributed by atoms with Crippen LogP contribution in [0.25, 0.3) is 0 Å². The molecule has 0 atom stereocenters. The normalized spacial score (nSPS) is 15.1. The number of ketones is 1. The maximum Gasteiger partial charge on any atom is 0.243 e. The standard InChI is InChI=1S/C22H26N2O4S/c1-17-5-7-18(8-6-17)21(25)13-14-22(26)23-19-9-11-20(12-10-19)29(27,28)24-15-3-2-4-16-24/h5-12H,2-4,13-16H2,1H3,(H,23,26). The average Bonchev–Trinajstić information content (AvgIpc) is 2.73. The van der Waals surface area contributed by atoms with Gasteiger partial charge in [0.1, 0.15) is 0 Å². The minimum Gasteiger partial charge on any atom is -0.326 e. The molecule has 1 fully saturated rings. The molecule has 0 saturated carbocycles. The number of nitrogens with zero attached hydrogens (tertiary/aromatic N) is 1. The molecule has 29 heavy (non-hydrogen) atoms. The predicted molar refractivity (Wildman–Crippen MR) is 112 cm³/mol. The third-order valence-electron chi connectivity index (χ3n) is 5.04. The van der Waals surface area contributed by atoms with Crippen molar-refractivity contribution in [3.63, 3.8) is 0 Å². The topological polar surface area (TPSA) is 83.5 Å². The third-order valence-corrected chi connectivity index (χ3v) is 6.96. The molecule has 7 heteroatoms. The minimum absolute atomic E-state index is 0.0700. The van der Waals surface area contributed by atoms with E-state index in [4.69, 9.17) is 0 Å². The molecule has 0 unspecified atom stereocenters. The number of aryl methyl sites for hydroxylation is 1. The van der Waals surface area contributed by atoms with Crippen LogP contribution >= 0.6 is 0 Å². The molecule has 154 valence electrons. The van der Waals surface area contributed by atoms with Crippen molar-refractivity contribution >= 4 is 27.4 Å². The van der Waals surface area contributed by atoms with Crippen molar-refractivity contribution in [3.05, 3.63) is 59.7 Å². The summed E-state index contributed by atoms with van der Waals surface area (Å²) in [6, 6.07) is 13.4. The third kappa shape index (κ3) is 5.52. The quantitative estimate of drug-likeness (QED) is 0.699. The summed E-state index contributed by atoms with van der Waals surface area (Å²) in [6.45, 7) is 3.05. The van der Waals surface area contributed by atoms with Crippen LogP contribution in [-0.4, -0.2) is 37.5 Å². The van der Waals surface area contributed by atoms with E-state index in [1.807, 2.05) is 19.1 Å². The maximum atomic E-state index is 12.7. The van der Waals surface area contributed by atoms with Crippen LogP contribution in [0.2, 0.25) is 0 Å². The van der Waals surface area contributed by atoms with Gasteiger partial charge in [0.2, 0.25) is 15.9 Å². The number of Topliss-reactive ketones (excluding diaryl/α,β-unsaturated/α-hetero) is 1. The van der Waals surface area contributed by atoms with Crippen molar-refractivity contribution in [2.24, 2.45) is 0 Å². The van der Waals surface area contributed by atoms with Crippen LogP contribution < -0.4 is 5.32 Å². The number of nitrogens with one attached hydrogen (secondary N) is 1. The summed E-state index contributed by atoms with van der Waals surface area (Å²) in [5.74, 6) is -0.361. The molecule has 1 aliphatic rings. The fourth-order valence-corrected chi connectivity index (χ4v) is 4.82. The highest BCUT2D eigenvalue weighted by molar-refractivity contribution is 7.89. The Kier molecular flexibility index (Phi) is 6.82. The van der Waals surface area contributed by atoms with Gasteiger partial charge in [0.05, 0.1) is 4.90 Å². The van der Waals surface area contributed by atoms with Gasteiger partial charge in [-0.3, -0.25) is 9.59 Å². The van der Waals surface area contributed by atoms with E-state index in [1.165, 1.54) is 16.4 Å². The van der Waals surface area contributed by atoms with Gasteiger partial charge in [-0.15, -0.1) is 0 Å². The summed E-state index contributed by atoms with van der Waals surface area (Å²) >= 11 is 0. The van der Waals surface area contributed by atoms with Gasteiger partial charge in [0.15, 0.2) is 5.78 Å². The molecule has 6 nitrogen and oxygen atoms in total. The fourth-order valence-electron chi connectivity index (χ4n) is 3.30. The number of carbonyl (C=O) groups excluding carboxylic acids is 2. The first-order valence-corrected chi connectivity index (χ1v) is 11.3. The van der Waals surface area contributed by atoms with E-state index in [9.17, 15) is 18.0 Å². The Morgan fingerprint density at radius 2 is 1.52 bits per heavy atom. The van der Waals surface area contributed by atoms with Crippen molar-refractivity contribution in [1.82, 2.24) is 4.31 Å². The van der Waals surface area contributed by atoms with E-state index in [0.29, 0.717) is 24.3 Å². The first kappa shape index (κ1) is 21.2. The van der Waals surface area contributed by atoms with Gasteiger partial charge >= 0.3 is 0 Å². The van der Waals surface area contributed by atoms with E-state index in [-0.39, 0.29) is 29.4 Å². The highest BCUT2D eigenvalue weighted by Gasteiger charge is 2.25. The number of piperidine rings is 1. The first-order valence-electron chi connectivity index (χ1n) is 9.86. The van der Waals surface area contributed by atoms with Crippen LogP contribution in [0.1, 0.15) is 48.0 Å². The monoisotopic (exact) mass is 414 g/mol. The van der Waals surface area contributed by atoms with Crippen LogP contribution in [0.15, 0.2) is 53.4 Å². The molecule has 1 amide bonds. The van der Waals surface area contributed by atoms with Crippen molar-refractivity contribution in [3.8, 4) is 0 Å². The Morgan fingerprint density at radius 3 is 2.14 bits per heavy atom. The molecule has 1 N–H and O–H groups in total. The lowest BCUT2D eigenvalue weighted by atomic mass is 10.0. The number of hydrogen-bond acceptors (Lipinski definition) is 4. The van der Waals surface area contributed by atoms with E-state index in [2.05, 4.69) is 5.32 Å². The number of sulfonamides is 1. The molecule has 1 aliphatic heterocycles. The Hall–Kier alpha value is -2.51. The highest BCUT2D eigenvalue weighted by Crippen LogP contribution is 2.22. The number of amides is 1. The molecule has 2 aromatic rings. The second-order valence-corrected chi connectivity index (χ2v) is 9.26. The van der Waals surface area contributed by atoms with Gasteiger partial charge in [-0.2, -0.15) is 4.31 Å². The number of carbonyl (C=O) groups is 2. The molecule has 1 heterocycles. The number of rotatable bonds is 7. The summed E-state index contributed by atoms with van der Waals surface area (Å²) in [4.78, 5) is 24.5. The lowest BCUT2D eigenvalue weighted by molar-refractivity contribution is -0.116. The molecule has 0 spiro atoms. The predicted octanol–water partition coefficient (Wildman–Crippen LogP) is 3.77. The van der Waals surface area contributed by atoms with Crippen molar-refractivity contribution < 1.29 is 18.0 Å². The molecule has 0 aromatic heterocycles. The smallest absolute Gasteiger partial charge is 0.243 e. The Morgan fingerprint density at radius 1 is 0.897 bits per heavy atom. The summed E-state index contributed by atoms with van der Waals surface area (Å²) in [6.07, 6.45) is 3.02. The second-order valence-electron chi connectivity index (χ2n) is 7.33. The average molecular weight is 415 g/mol. The molecule has 2 aromatic carbocycles. The zero-order valence-electron chi connectivity index (χ0n) is 16.6. The number of benzene rings is 2. The van der Waals surface area contributed by atoms with Gasteiger partial charge in [-0.1, -0.05) is 36.2 Å². The van der Waals surface area contributed by atoms with Crippen LogP contribution in [0.4, 0.5) is 5.69 Å². The molecular formula is C22H26N2O4S. The Balaban J connectivity index is 1.54. The van der Waals surface area contributed by atoms with Gasteiger partial charge in [-0.05, 0) is 44.0 Å². The largest absolute Gasteiger partial charge is 0.326 e. The van der Waals surface area contributed by atoms with E-state index in [1.54, 1.807) is 24.3 Å². The lowest BCUT2D eigenvalue weighted by Gasteiger charge is -2.25. The van der Waals surface area contributed by atoms with E-state index in [0.717, 1.165) is 24.8 Å².